The van der Waals surface area contributed by atoms with E-state index in [1.165, 1.54) is 23.9 Å². The first-order valence-electron chi connectivity index (χ1n) is 13.3. The van der Waals surface area contributed by atoms with Crippen molar-refractivity contribution in [2.45, 2.75) is 70.2 Å². The molecule has 2 atom stereocenters. The SMILES string of the molecule is CCc1cn2c3c(cc(C(=O)N[C@@H](Cc4ccccc4)[C@H](O)CNC4CCCC4)cc13)N(C)SCC2. The molecule has 2 aromatic carbocycles. The number of aliphatic hydroxyl groups excluding tert-OH is 1. The summed E-state index contributed by atoms with van der Waals surface area (Å²) in [6.07, 6.45) is 7.90. The Morgan fingerprint density at radius 3 is 2.72 bits per heavy atom. The Kier molecular flexibility index (Phi) is 7.89. The Morgan fingerprint density at radius 2 is 1.97 bits per heavy atom. The third kappa shape index (κ3) is 5.43. The molecule has 2 heterocycles. The first-order chi connectivity index (χ1) is 17.5. The van der Waals surface area contributed by atoms with Crippen LogP contribution in [0.15, 0.2) is 48.7 Å². The van der Waals surface area contributed by atoms with Crippen molar-refractivity contribution in [2.75, 3.05) is 23.7 Å². The predicted molar refractivity (Wildman–Crippen MR) is 150 cm³/mol. The average molecular weight is 507 g/mol. The Balaban J connectivity index is 1.41. The number of aromatic nitrogens is 1. The van der Waals surface area contributed by atoms with Crippen molar-refractivity contribution in [1.29, 1.82) is 0 Å². The summed E-state index contributed by atoms with van der Waals surface area (Å²) in [5.41, 5.74) is 5.29. The van der Waals surface area contributed by atoms with E-state index in [1.807, 2.05) is 30.3 Å². The van der Waals surface area contributed by atoms with Gasteiger partial charge in [0.05, 0.1) is 23.3 Å². The highest BCUT2D eigenvalue weighted by molar-refractivity contribution is 8.00. The van der Waals surface area contributed by atoms with Gasteiger partial charge in [0, 0.05) is 49.1 Å². The predicted octanol–water partition coefficient (Wildman–Crippen LogP) is 4.54. The third-order valence-electron chi connectivity index (χ3n) is 7.68. The molecule has 3 N–H and O–H groups in total. The quantitative estimate of drug-likeness (QED) is 0.372. The van der Waals surface area contributed by atoms with Gasteiger partial charge in [-0.15, -0.1) is 0 Å². The highest BCUT2D eigenvalue weighted by Crippen LogP contribution is 2.37. The standard InChI is InChI=1S/C29H38N4O2S/c1-3-21-19-33-13-14-36-32(2)26-17-22(16-24(21)28(26)33)29(35)31-25(15-20-9-5-4-6-10-20)27(34)18-30-23-11-7-8-12-23/h4-6,9-10,16-17,19,23,25,27,30,34H,3,7-8,11-15,18H2,1-2H3,(H,31,35)/t25-,27+/m0/s1. The van der Waals surface area contributed by atoms with E-state index >= 15 is 0 Å². The fourth-order valence-electron chi connectivity index (χ4n) is 5.63. The summed E-state index contributed by atoms with van der Waals surface area (Å²) < 4.78 is 4.52. The monoisotopic (exact) mass is 506 g/mol. The molecule has 0 unspecified atom stereocenters. The van der Waals surface area contributed by atoms with E-state index in [0.29, 0.717) is 24.6 Å². The molecule has 1 amide bonds. The van der Waals surface area contributed by atoms with Crippen LogP contribution < -0.4 is 14.9 Å². The molecule has 3 aromatic rings. The summed E-state index contributed by atoms with van der Waals surface area (Å²) in [6, 6.07) is 14.2. The lowest BCUT2D eigenvalue weighted by Crippen LogP contribution is -2.49. The topological polar surface area (TPSA) is 69.5 Å². The van der Waals surface area contributed by atoms with Crippen LogP contribution in [0.4, 0.5) is 5.69 Å². The summed E-state index contributed by atoms with van der Waals surface area (Å²) in [4.78, 5) is 13.7. The average Bonchev–Trinajstić information content (AvgIpc) is 3.51. The summed E-state index contributed by atoms with van der Waals surface area (Å²) in [5, 5.41) is 19.1. The smallest absolute Gasteiger partial charge is 0.251 e. The first-order valence-corrected chi connectivity index (χ1v) is 14.3. The molecule has 5 rings (SSSR count). The van der Waals surface area contributed by atoms with Crippen molar-refractivity contribution in [3.63, 3.8) is 0 Å². The maximum absolute atomic E-state index is 13.7. The molecule has 1 saturated carbocycles. The van der Waals surface area contributed by atoms with Crippen molar-refractivity contribution < 1.29 is 9.90 Å². The number of carbonyl (C=O) groups is 1. The second-order valence-electron chi connectivity index (χ2n) is 10.2. The van der Waals surface area contributed by atoms with Gasteiger partial charge < -0.3 is 24.6 Å². The van der Waals surface area contributed by atoms with Crippen LogP contribution in [0.25, 0.3) is 10.9 Å². The maximum atomic E-state index is 13.7. The molecular formula is C29H38N4O2S. The summed E-state index contributed by atoms with van der Waals surface area (Å²) in [5.74, 6) is 0.866. The zero-order chi connectivity index (χ0) is 25.1. The number of benzene rings is 2. The lowest BCUT2D eigenvalue weighted by Gasteiger charge is -2.26. The number of aliphatic hydroxyl groups is 1. The first kappa shape index (κ1) is 25.2. The molecule has 192 valence electrons. The Morgan fingerprint density at radius 1 is 1.19 bits per heavy atom. The molecule has 1 aliphatic carbocycles. The molecule has 2 aliphatic rings. The zero-order valence-electron chi connectivity index (χ0n) is 21.4. The molecule has 1 fully saturated rings. The van der Waals surface area contributed by atoms with Gasteiger partial charge in [-0.1, -0.05) is 50.1 Å². The maximum Gasteiger partial charge on any atom is 0.251 e. The number of carbonyl (C=O) groups excluding carboxylic acids is 1. The van der Waals surface area contributed by atoms with Crippen LogP contribution in [0.1, 0.15) is 54.1 Å². The fourth-order valence-corrected chi connectivity index (χ4v) is 6.46. The van der Waals surface area contributed by atoms with Gasteiger partial charge in [-0.25, -0.2) is 0 Å². The van der Waals surface area contributed by atoms with E-state index in [2.05, 4.69) is 51.8 Å². The Hall–Kier alpha value is -2.48. The van der Waals surface area contributed by atoms with E-state index in [4.69, 9.17) is 0 Å². The Bertz CT molecular complexity index is 1190. The van der Waals surface area contributed by atoms with E-state index < -0.39 is 6.10 Å². The van der Waals surface area contributed by atoms with Gasteiger partial charge in [-0.2, -0.15) is 0 Å². The molecule has 0 radical (unpaired) electrons. The molecule has 0 spiro atoms. The minimum absolute atomic E-state index is 0.133. The van der Waals surface area contributed by atoms with E-state index in [9.17, 15) is 9.90 Å². The number of rotatable bonds is 9. The summed E-state index contributed by atoms with van der Waals surface area (Å²) in [7, 11) is 2.08. The number of nitrogens with zero attached hydrogens (tertiary/aromatic N) is 2. The van der Waals surface area contributed by atoms with E-state index in [1.54, 1.807) is 11.9 Å². The second kappa shape index (κ2) is 11.3. The van der Waals surface area contributed by atoms with Gasteiger partial charge >= 0.3 is 0 Å². The summed E-state index contributed by atoms with van der Waals surface area (Å²) >= 11 is 1.78. The largest absolute Gasteiger partial charge is 0.390 e. The molecule has 0 saturated heterocycles. The second-order valence-corrected chi connectivity index (χ2v) is 11.4. The van der Waals surface area contributed by atoms with Crippen LogP contribution >= 0.6 is 11.9 Å². The number of anilines is 1. The normalized spacial score (nSPS) is 17.8. The number of nitrogens with one attached hydrogen (secondary N) is 2. The molecular weight excluding hydrogens is 468 g/mol. The van der Waals surface area contributed by atoms with Crippen molar-refractivity contribution >= 4 is 34.4 Å². The van der Waals surface area contributed by atoms with Crippen LogP contribution in [0.3, 0.4) is 0 Å². The van der Waals surface area contributed by atoms with Gasteiger partial charge in [0.1, 0.15) is 0 Å². The fraction of sp³-hybridized carbons (Fsp3) is 0.483. The van der Waals surface area contributed by atoms with Gasteiger partial charge in [-0.05, 0) is 60.9 Å². The molecule has 6 nitrogen and oxygen atoms in total. The van der Waals surface area contributed by atoms with Gasteiger partial charge in [0.2, 0.25) is 0 Å². The van der Waals surface area contributed by atoms with Crippen LogP contribution in [0, 0.1) is 0 Å². The molecule has 1 aliphatic heterocycles. The Labute approximate surface area is 218 Å². The number of amides is 1. The van der Waals surface area contributed by atoms with Crippen molar-refractivity contribution in [2.24, 2.45) is 0 Å². The molecule has 7 heteroatoms. The minimum atomic E-state index is -0.675. The van der Waals surface area contributed by atoms with Gasteiger partial charge in [-0.3, -0.25) is 4.79 Å². The van der Waals surface area contributed by atoms with E-state index in [0.717, 1.165) is 48.2 Å². The van der Waals surface area contributed by atoms with Gasteiger partial charge in [0.15, 0.2) is 0 Å². The number of hydrogen-bond acceptors (Lipinski definition) is 5. The van der Waals surface area contributed by atoms with Crippen LogP contribution in [0.2, 0.25) is 0 Å². The van der Waals surface area contributed by atoms with Crippen LogP contribution in [-0.2, 0) is 19.4 Å². The summed E-state index contributed by atoms with van der Waals surface area (Å²) in [6.45, 7) is 3.61. The highest BCUT2D eigenvalue weighted by Gasteiger charge is 2.26. The molecule has 0 bridgehead atoms. The van der Waals surface area contributed by atoms with Crippen LogP contribution in [0.5, 0.6) is 0 Å². The van der Waals surface area contributed by atoms with Crippen molar-refractivity contribution in [1.82, 2.24) is 15.2 Å². The molecule has 36 heavy (non-hydrogen) atoms. The van der Waals surface area contributed by atoms with Gasteiger partial charge in [0.25, 0.3) is 5.91 Å². The molecule has 1 aromatic heterocycles. The number of hydrogen-bond donors (Lipinski definition) is 3. The zero-order valence-corrected chi connectivity index (χ0v) is 22.2. The highest BCUT2D eigenvalue weighted by atomic mass is 32.2. The number of aryl methyl sites for hydroxylation is 2. The van der Waals surface area contributed by atoms with Crippen LogP contribution in [-0.4, -0.2) is 53.1 Å². The minimum Gasteiger partial charge on any atom is -0.390 e. The lowest BCUT2D eigenvalue weighted by atomic mass is 9.99. The van der Waals surface area contributed by atoms with E-state index in [-0.39, 0.29) is 11.9 Å². The lowest BCUT2D eigenvalue weighted by molar-refractivity contribution is 0.0825. The van der Waals surface area contributed by atoms with Crippen molar-refractivity contribution in [3.05, 3.63) is 65.4 Å². The van der Waals surface area contributed by atoms with Crippen molar-refractivity contribution in [3.8, 4) is 0 Å². The third-order valence-corrected chi connectivity index (χ3v) is 8.63.